The van der Waals surface area contributed by atoms with E-state index in [2.05, 4.69) is 21.5 Å². The lowest BCUT2D eigenvalue weighted by atomic mass is 10.1. The minimum Gasteiger partial charge on any atom is -0.394 e. The van der Waals surface area contributed by atoms with Crippen LogP contribution in [0.25, 0.3) is 6.58 Å². The van der Waals surface area contributed by atoms with E-state index in [0.717, 1.165) is 5.56 Å². The van der Waals surface area contributed by atoms with E-state index >= 15 is 0 Å². The molecule has 5 N–H and O–H groups in total. The van der Waals surface area contributed by atoms with Crippen LogP contribution in [0.1, 0.15) is 5.56 Å². The summed E-state index contributed by atoms with van der Waals surface area (Å²) >= 11 is 6.22. The third kappa shape index (κ3) is 3.60. The Balaban J connectivity index is 2.16. The molecule has 0 saturated carbocycles. The molecule has 27 heavy (non-hydrogen) atoms. The fourth-order valence-corrected chi connectivity index (χ4v) is 2.99. The van der Waals surface area contributed by atoms with E-state index in [-0.39, 0.29) is 23.2 Å². The summed E-state index contributed by atoms with van der Waals surface area (Å²) in [4.78, 5) is 24.8. The molecule has 0 spiro atoms. The predicted molar refractivity (Wildman–Crippen MR) is 99.1 cm³/mol. The summed E-state index contributed by atoms with van der Waals surface area (Å²) in [5, 5.41) is 39.4. The van der Waals surface area contributed by atoms with Gasteiger partial charge in [-0.25, -0.2) is 9.98 Å². The molecule has 0 aliphatic carbocycles. The van der Waals surface area contributed by atoms with Crippen LogP contribution in [0, 0.1) is 6.92 Å². The summed E-state index contributed by atoms with van der Waals surface area (Å²) in [5.74, 6) is 0.140. The molecule has 0 unspecified atom stereocenters. The van der Waals surface area contributed by atoms with E-state index in [9.17, 15) is 20.1 Å². The number of hydrogen-bond acceptors (Lipinski definition) is 8. The molecule has 0 fully saturated rings. The van der Waals surface area contributed by atoms with E-state index in [0.29, 0.717) is 16.4 Å². The van der Waals surface area contributed by atoms with E-state index in [1.165, 1.54) is 4.90 Å². The van der Waals surface area contributed by atoms with Crippen LogP contribution in [0.15, 0.2) is 21.9 Å². The van der Waals surface area contributed by atoms with Crippen molar-refractivity contribution in [3.8, 4) is 0 Å². The smallest absolute Gasteiger partial charge is 0.279 e. The average molecular weight is 395 g/mol. The first-order valence-electron chi connectivity index (χ1n) is 8.13. The minimum atomic E-state index is -1.61. The minimum absolute atomic E-state index is 0.0287. The number of halogens is 1. The number of fused-ring (bicyclic) bond motifs is 2. The Morgan fingerprint density at radius 2 is 2.00 bits per heavy atom. The van der Waals surface area contributed by atoms with Gasteiger partial charge >= 0.3 is 0 Å². The first kappa shape index (κ1) is 19.5. The highest BCUT2D eigenvalue weighted by atomic mass is 35.5. The van der Waals surface area contributed by atoms with Crippen molar-refractivity contribution >= 4 is 35.4 Å². The highest BCUT2D eigenvalue weighted by Crippen LogP contribution is 2.38. The number of nitrogens with zero attached hydrogens (tertiary/aromatic N) is 3. The van der Waals surface area contributed by atoms with Gasteiger partial charge in [0.25, 0.3) is 5.56 Å². The Hall–Kier alpha value is -2.30. The number of aromatic amines is 1. The molecule has 3 atom stereocenters. The van der Waals surface area contributed by atoms with Gasteiger partial charge < -0.3 is 30.3 Å². The van der Waals surface area contributed by atoms with Crippen molar-refractivity contribution in [2.75, 3.05) is 18.1 Å². The Morgan fingerprint density at radius 1 is 1.30 bits per heavy atom. The van der Waals surface area contributed by atoms with Crippen LogP contribution in [0.2, 0.25) is 5.02 Å². The van der Waals surface area contributed by atoms with Gasteiger partial charge in [-0.2, -0.15) is 0 Å². The molecule has 3 rings (SSSR count). The first-order chi connectivity index (χ1) is 12.7. The van der Waals surface area contributed by atoms with Gasteiger partial charge in [0.1, 0.15) is 23.8 Å². The largest absolute Gasteiger partial charge is 0.394 e. The van der Waals surface area contributed by atoms with Crippen molar-refractivity contribution in [3.63, 3.8) is 0 Å². The maximum absolute atomic E-state index is 12.3. The number of aliphatic hydroxyl groups excluding tert-OH is 4. The van der Waals surface area contributed by atoms with Crippen LogP contribution in [0.4, 0.5) is 17.2 Å². The third-order valence-electron chi connectivity index (χ3n) is 4.31. The van der Waals surface area contributed by atoms with Crippen molar-refractivity contribution in [1.82, 2.24) is 9.97 Å². The van der Waals surface area contributed by atoms with Crippen LogP contribution < -0.4 is 21.3 Å². The maximum Gasteiger partial charge on any atom is 0.279 e. The van der Waals surface area contributed by atoms with Gasteiger partial charge in [-0.15, -0.1) is 0 Å². The summed E-state index contributed by atoms with van der Waals surface area (Å²) < 4.78 is 0. The van der Waals surface area contributed by atoms with Crippen LogP contribution in [-0.2, 0) is 0 Å². The number of aryl methyl sites for hydroxylation is 1. The predicted octanol–water partition coefficient (Wildman–Crippen LogP) is -1.38. The molecular formula is C17H19ClN4O5. The molecule has 0 radical (unpaired) electrons. The Kier molecular flexibility index (Phi) is 5.31. The second kappa shape index (κ2) is 7.37. The SMILES string of the molecule is C=c1nc2c(c(=O)[nH]1)=Nc1cc(C)c(Cl)cc1N2C[C@H](O)[C@H](O)[C@H](O)CO. The molecule has 9 nitrogen and oxygen atoms in total. The molecule has 0 bridgehead atoms. The second-order valence-corrected chi connectivity index (χ2v) is 6.71. The number of rotatable bonds is 5. The molecule has 2 aromatic rings. The second-order valence-electron chi connectivity index (χ2n) is 6.31. The van der Waals surface area contributed by atoms with E-state index in [1.807, 2.05) is 0 Å². The topological polar surface area (TPSA) is 142 Å². The molecule has 0 saturated heterocycles. The fraction of sp³-hybridized carbons (Fsp3) is 0.353. The number of benzene rings is 1. The quantitative estimate of drug-likeness (QED) is 0.420. The van der Waals surface area contributed by atoms with Crippen molar-refractivity contribution < 1.29 is 20.4 Å². The zero-order valence-electron chi connectivity index (χ0n) is 14.4. The standard InChI is InChI=1S/C17H19ClN4O5/c1-7-3-10-11(4-9(7)18)22(5-12(24)15(26)13(25)6-23)16-14(21-10)17(27)20-8(2)19-16/h3-4,12-13,15,23-26H,2,5-6H2,1H3,(H,20,27)/t12-,13+,15-/m0/s1. The van der Waals surface area contributed by atoms with Gasteiger partial charge in [-0.05, 0) is 24.6 Å². The molecule has 2 heterocycles. The maximum atomic E-state index is 12.3. The van der Waals surface area contributed by atoms with Crippen molar-refractivity contribution in [2.24, 2.45) is 4.99 Å². The molecule has 10 heteroatoms. The zero-order valence-corrected chi connectivity index (χ0v) is 15.2. The van der Waals surface area contributed by atoms with Gasteiger partial charge in [0.2, 0.25) is 0 Å². The van der Waals surface area contributed by atoms with Crippen molar-refractivity contribution in [1.29, 1.82) is 0 Å². The molecular weight excluding hydrogens is 376 g/mol. The molecule has 1 aromatic heterocycles. The fourth-order valence-electron chi connectivity index (χ4n) is 2.83. The third-order valence-corrected chi connectivity index (χ3v) is 4.71. The van der Waals surface area contributed by atoms with Gasteiger partial charge in [-0.1, -0.05) is 18.2 Å². The zero-order chi connectivity index (χ0) is 19.9. The summed E-state index contributed by atoms with van der Waals surface area (Å²) in [6.45, 7) is 4.46. The van der Waals surface area contributed by atoms with Gasteiger partial charge in [0, 0.05) is 5.02 Å². The van der Waals surface area contributed by atoms with Gasteiger partial charge in [0.15, 0.2) is 11.2 Å². The number of aliphatic hydroxyl groups is 4. The molecule has 1 aliphatic rings. The van der Waals surface area contributed by atoms with E-state index in [1.54, 1.807) is 19.1 Å². The summed E-state index contributed by atoms with van der Waals surface area (Å²) in [6, 6.07) is 3.31. The number of hydrogen-bond donors (Lipinski definition) is 5. The van der Waals surface area contributed by atoms with E-state index in [4.69, 9.17) is 16.7 Å². The van der Waals surface area contributed by atoms with Crippen LogP contribution in [0.5, 0.6) is 0 Å². The van der Waals surface area contributed by atoms with Crippen LogP contribution >= 0.6 is 11.6 Å². The number of H-pyrrole nitrogens is 1. The van der Waals surface area contributed by atoms with E-state index < -0.39 is 30.5 Å². The first-order valence-corrected chi connectivity index (χ1v) is 8.51. The summed E-state index contributed by atoms with van der Waals surface area (Å²) in [7, 11) is 0. The average Bonchev–Trinajstić information content (AvgIpc) is 2.62. The highest BCUT2D eigenvalue weighted by molar-refractivity contribution is 6.31. The Bertz CT molecular complexity index is 1040. The molecule has 0 amide bonds. The molecule has 144 valence electrons. The van der Waals surface area contributed by atoms with Crippen molar-refractivity contribution in [3.05, 3.63) is 43.9 Å². The van der Waals surface area contributed by atoms with Crippen LogP contribution in [-0.4, -0.2) is 61.9 Å². The summed E-state index contributed by atoms with van der Waals surface area (Å²) in [5.41, 5.74) is 1.26. The normalized spacial score (nSPS) is 16.1. The Labute approximate surface area is 158 Å². The number of anilines is 2. The monoisotopic (exact) mass is 394 g/mol. The molecule has 1 aliphatic heterocycles. The molecule has 1 aromatic carbocycles. The van der Waals surface area contributed by atoms with Gasteiger partial charge in [0.05, 0.1) is 24.5 Å². The lowest BCUT2D eigenvalue weighted by Crippen LogP contribution is -2.48. The lowest BCUT2D eigenvalue weighted by molar-refractivity contribution is -0.0726. The van der Waals surface area contributed by atoms with Gasteiger partial charge in [-0.3, -0.25) is 4.79 Å². The number of nitrogens with one attached hydrogen (secondary N) is 1. The lowest BCUT2D eigenvalue weighted by Gasteiger charge is -2.32. The highest BCUT2D eigenvalue weighted by Gasteiger charge is 2.30. The van der Waals surface area contributed by atoms with Crippen molar-refractivity contribution in [2.45, 2.75) is 25.2 Å². The number of β-amino-alcohol motifs (C(OH)–C–C–N with tert-alkyl or cyclic N) is 1. The Morgan fingerprint density at radius 3 is 2.67 bits per heavy atom. The summed E-state index contributed by atoms with van der Waals surface area (Å²) in [6.07, 6.45) is -4.59. The number of aromatic nitrogens is 2. The van der Waals surface area contributed by atoms with Crippen LogP contribution in [0.3, 0.4) is 0 Å².